The molecular formula is C33H36N4O2. The Morgan fingerprint density at radius 1 is 0.641 bits per heavy atom. The van der Waals surface area contributed by atoms with Crippen molar-refractivity contribution in [3.8, 4) is 0 Å². The molecule has 0 radical (unpaired) electrons. The van der Waals surface area contributed by atoms with Crippen LogP contribution in [0.5, 0.6) is 0 Å². The van der Waals surface area contributed by atoms with E-state index in [9.17, 15) is 9.59 Å². The predicted molar refractivity (Wildman–Crippen MR) is 163 cm³/mol. The maximum absolute atomic E-state index is 11.2. The highest BCUT2D eigenvalue weighted by Gasteiger charge is 2.14. The van der Waals surface area contributed by atoms with Crippen LogP contribution in [0.15, 0.2) is 108 Å². The molecule has 4 aromatic carbocycles. The highest BCUT2D eigenvalue weighted by atomic mass is 16.1. The van der Waals surface area contributed by atoms with E-state index in [-0.39, 0.29) is 19.0 Å². The fraction of sp³-hybridized carbons (Fsp3) is 0.212. The van der Waals surface area contributed by atoms with E-state index in [1.807, 2.05) is 32.3 Å². The quantitative estimate of drug-likeness (QED) is 0.360. The molecule has 6 nitrogen and oxygen atoms in total. The van der Waals surface area contributed by atoms with Crippen molar-refractivity contribution in [1.29, 1.82) is 0 Å². The van der Waals surface area contributed by atoms with Crippen molar-refractivity contribution in [2.45, 2.75) is 7.43 Å². The van der Waals surface area contributed by atoms with Gasteiger partial charge in [-0.25, -0.2) is 0 Å². The second-order valence-corrected chi connectivity index (χ2v) is 9.72. The number of likely N-dealkylation sites (N-methyl/N-ethyl adjacent to an activating group) is 2. The Morgan fingerprint density at radius 3 is 1.85 bits per heavy atom. The third-order valence-corrected chi connectivity index (χ3v) is 6.82. The third kappa shape index (κ3) is 6.65. The normalized spacial score (nSPS) is 14.0. The Labute approximate surface area is 230 Å². The molecule has 0 aliphatic carbocycles. The second kappa shape index (κ2) is 12.3. The number of carbonyl (C=O) groups excluding carboxylic acids is 2. The minimum absolute atomic E-state index is 0. The van der Waals surface area contributed by atoms with Gasteiger partial charge < -0.3 is 20.4 Å². The smallest absolute Gasteiger partial charge is 0.176 e. The lowest BCUT2D eigenvalue weighted by atomic mass is 10.1. The first-order valence-electron chi connectivity index (χ1n) is 12.8. The van der Waals surface area contributed by atoms with Crippen LogP contribution in [0, 0.1) is 0 Å². The van der Waals surface area contributed by atoms with Gasteiger partial charge in [0.25, 0.3) is 0 Å². The molecule has 0 atom stereocenters. The molecule has 2 aliphatic heterocycles. The van der Waals surface area contributed by atoms with E-state index in [4.69, 9.17) is 0 Å². The van der Waals surface area contributed by atoms with Gasteiger partial charge in [-0.3, -0.25) is 9.59 Å². The minimum Gasteiger partial charge on any atom is -0.379 e. The second-order valence-electron chi connectivity index (χ2n) is 9.72. The first kappa shape index (κ1) is 27.5. The standard InChI is InChI=1S/2C16H16N2O.CH4/c1-18(11-13-9-14(19)10-17-13)16-8-4-6-12-5-2-3-7-15(12)16;1-18(11-14-9-16(19)10-17-14)15-7-6-12-4-2-3-5-13(12)8-15;/h2*2-9,17H,10-11H2,1H3;1H4. The van der Waals surface area contributed by atoms with Crippen LogP contribution >= 0.6 is 0 Å². The van der Waals surface area contributed by atoms with Crippen molar-refractivity contribution in [2.24, 2.45) is 0 Å². The number of rotatable bonds is 6. The summed E-state index contributed by atoms with van der Waals surface area (Å²) in [5.41, 5.74) is 4.31. The number of hydrogen-bond donors (Lipinski definition) is 2. The van der Waals surface area contributed by atoms with Gasteiger partial charge in [0, 0.05) is 54.4 Å². The van der Waals surface area contributed by atoms with Crippen LogP contribution in [-0.2, 0) is 9.59 Å². The number of carbonyl (C=O) groups is 2. The first-order chi connectivity index (χ1) is 18.5. The molecule has 6 rings (SSSR count). The summed E-state index contributed by atoms with van der Waals surface area (Å²) in [5, 5.41) is 11.2. The molecule has 0 saturated heterocycles. The molecule has 2 heterocycles. The van der Waals surface area contributed by atoms with Crippen molar-refractivity contribution in [1.82, 2.24) is 10.6 Å². The van der Waals surface area contributed by atoms with Crippen molar-refractivity contribution >= 4 is 44.5 Å². The third-order valence-electron chi connectivity index (χ3n) is 6.82. The van der Waals surface area contributed by atoms with Gasteiger partial charge in [-0.1, -0.05) is 74.2 Å². The van der Waals surface area contributed by atoms with E-state index >= 15 is 0 Å². The Hall–Kier alpha value is -4.58. The topological polar surface area (TPSA) is 64.7 Å². The monoisotopic (exact) mass is 520 g/mol. The molecule has 0 amide bonds. The Morgan fingerprint density at radius 2 is 1.21 bits per heavy atom. The highest BCUT2D eigenvalue weighted by molar-refractivity contribution is 5.96. The largest absolute Gasteiger partial charge is 0.379 e. The van der Waals surface area contributed by atoms with Gasteiger partial charge in [0.1, 0.15) is 0 Å². The molecule has 0 aromatic heterocycles. The molecule has 4 aromatic rings. The lowest BCUT2D eigenvalue weighted by Crippen LogP contribution is -2.25. The Balaban J connectivity index is 0.000000176. The molecule has 39 heavy (non-hydrogen) atoms. The number of benzene rings is 4. The summed E-state index contributed by atoms with van der Waals surface area (Å²) in [6.07, 6.45) is 3.39. The zero-order valence-electron chi connectivity index (χ0n) is 21.8. The first-order valence-corrected chi connectivity index (χ1v) is 12.8. The van der Waals surface area contributed by atoms with Crippen LogP contribution < -0.4 is 20.4 Å². The van der Waals surface area contributed by atoms with Gasteiger partial charge in [-0.05, 0) is 34.4 Å². The fourth-order valence-electron chi connectivity index (χ4n) is 4.84. The summed E-state index contributed by atoms with van der Waals surface area (Å²) in [5.74, 6) is 0.309. The van der Waals surface area contributed by atoms with Crippen molar-refractivity contribution in [3.63, 3.8) is 0 Å². The minimum atomic E-state index is 0. The van der Waals surface area contributed by atoms with E-state index in [2.05, 4.69) is 87.2 Å². The van der Waals surface area contributed by atoms with Crippen LogP contribution in [-0.4, -0.2) is 51.8 Å². The van der Waals surface area contributed by atoms with Crippen LogP contribution in [0.4, 0.5) is 11.4 Å². The number of hydrogen-bond acceptors (Lipinski definition) is 6. The summed E-state index contributed by atoms with van der Waals surface area (Å²) in [4.78, 5) is 26.7. The average Bonchev–Trinajstić information content (AvgIpc) is 3.55. The Bertz CT molecular complexity index is 1540. The maximum atomic E-state index is 11.2. The van der Waals surface area contributed by atoms with Crippen molar-refractivity contribution in [3.05, 3.63) is 108 Å². The number of ketones is 2. The van der Waals surface area contributed by atoms with Crippen molar-refractivity contribution in [2.75, 3.05) is 50.1 Å². The molecule has 0 bridgehead atoms. The average molecular weight is 521 g/mol. The zero-order valence-corrected chi connectivity index (χ0v) is 21.8. The maximum Gasteiger partial charge on any atom is 0.176 e. The molecule has 0 fully saturated rings. The SMILES string of the molecule is C.CN(CC1=CC(=O)CN1)c1ccc2ccccc2c1.CN(CC1=CC(=O)CN1)c1cccc2ccccc12. The highest BCUT2D eigenvalue weighted by Crippen LogP contribution is 2.26. The fourth-order valence-corrected chi connectivity index (χ4v) is 4.84. The summed E-state index contributed by atoms with van der Waals surface area (Å²) in [6.45, 7) is 2.31. The van der Waals surface area contributed by atoms with Crippen molar-refractivity contribution < 1.29 is 9.59 Å². The van der Waals surface area contributed by atoms with Crippen LogP contribution in [0.3, 0.4) is 0 Å². The van der Waals surface area contributed by atoms with E-state index < -0.39 is 0 Å². The predicted octanol–water partition coefficient (Wildman–Crippen LogP) is 5.30. The molecule has 6 heteroatoms. The molecule has 0 spiro atoms. The Kier molecular flexibility index (Phi) is 8.67. The van der Waals surface area contributed by atoms with E-state index in [0.29, 0.717) is 13.1 Å². The molecule has 2 aliphatic rings. The van der Waals surface area contributed by atoms with Gasteiger partial charge in [0.05, 0.1) is 26.2 Å². The summed E-state index contributed by atoms with van der Waals surface area (Å²) >= 11 is 0. The number of nitrogens with zero attached hydrogens (tertiary/aromatic N) is 2. The van der Waals surface area contributed by atoms with Crippen LogP contribution in [0.25, 0.3) is 21.5 Å². The molecule has 200 valence electrons. The van der Waals surface area contributed by atoms with E-state index in [1.165, 1.54) is 27.2 Å². The van der Waals surface area contributed by atoms with Gasteiger partial charge in [-0.2, -0.15) is 0 Å². The summed E-state index contributed by atoms with van der Waals surface area (Å²) in [6, 6.07) is 29.4. The zero-order chi connectivity index (χ0) is 26.5. The van der Waals surface area contributed by atoms with E-state index in [0.717, 1.165) is 30.2 Å². The number of fused-ring (bicyclic) bond motifs is 2. The van der Waals surface area contributed by atoms with E-state index in [1.54, 1.807) is 12.2 Å². The molecule has 0 saturated carbocycles. The molecular weight excluding hydrogens is 484 g/mol. The van der Waals surface area contributed by atoms with Gasteiger partial charge in [0.2, 0.25) is 0 Å². The molecule has 2 N–H and O–H groups in total. The van der Waals surface area contributed by atoms with Gasteiger partial charge in [0.15, 0.2) is 11.6 Å². The van der Waals surface area contributed by atoms with Gasteiger partial charge >= 0.3 is 0 Å². The lowest BCUT2D eigenvalue weighted by molar-refractivity contribution is -0.113. The van der Waals surface area contributed by atoms with Crippen LogP contribution in [0.1, 0.15) is 7.43 Å². The number of nitrogens with one attached hydrogen (secondary N) is 2. The lowest BCUT2D eigenvalue weighted by Gasteiger charge is -2.22. The summed E-state index contributed by atoms with van der Waals surface area (Å²) in [7, 11) is 4.09. The van der Waals surface area contributed by atoms with Crippen LogP contribution in [0.2, 0.25) is 0 Å². The number of anilines is 2. The van der Waals surface area contributed by atoms with Gasteiger partial charge in [-0.15, -0.1) is 0 Å². The molecule has 0 unspecified atom stereocenters. The summed E-state index contributed by atoms with van der Waals surface area (Å²) < 4.78 is 0.